The van der Waals surface area contributed by atoms with Crippen molar-refractivity contribution >= 4 is 21.8 Å². The normalized spacial score (nSPS) is 16.9. The molecule has 1 fully saturated rings. The summed E-state index contributed by atoms with van der Waals surface area (Å²) in [6, 6.07) is 10.0. The molecule has 0 heterocycles. The molecule has 2 rings (SSSR count). The number of likely N-dealkylation sites (N-methyl/N-ethyl adjacent to an activating group) is 1. The van der Waals surface area contributed by atoms with Crippen molar-refractivity contribution in [3.63, 3.8) is 0 Å². The first-order chi connectivity index (χ1) is 9.10. The van der Waals surface area contributed by atoms with Crippen LogP contribution in [-0.2, 0) is 10.2 Å². The molecule has 1 aliphatic carbocycles. The number of hydrogen-bond donors (Lipinski definition) is 0. The van der Waals surface area contributed by atoms with Gasteiger partial charge in [-0.3, -0.25) is 4.79 Å². The van der Waals surface area contributed by atoms with Crippen LogP contribution in [0.5, 0.6) is 0 Å². The fraction of sp³-hybridized carbons (Fsp3) is 0.467. The van der Waals surface area contributed by atoms with Gasteiger partial charge in [0.15, 0.2) is 0 Å². The second kappa shape index (κ2) is 5.75. The van der Waals surface area contributed by atoms with Crippen LogP contribution in [0, 0.1) is 11.3 Å². The van der Waals surface area contributed by atoms with Crippen LogP contribution in [0.2, 0.25) is 0 Å². The number of carbonyl (C=O) groups excluding carboxylic acids is 1. The number of nitrogens with zero attached hydrogens (tertiary/aromatic N) is 2. The van der Waals surface area contributed by atoms with Crippen molar-refractivity contribution in [3.8, 4) is 6.07 Å². The van der Waals surface area contributed by atoms with Gasteiger partial charge < -0.3 is 4.90 Å². The third kappa shape index (κ3) is 2.66. The van der Waals surface area contributed by atoms with Gasteiger partial charge in [-0.2, -0.15) is 5.26 Å². The Hall–Kier alpha value is -1.34. The van der Waals surface area contributed by atoms with Gasteiger partial charge in [0, 0.05) is 11.5 Å². The maximum atomic E-state index is 12.7. The maximum Gasteiger partial charge on any atom is 0.233 e. The van der Waals surface area contributed by atoms with Gasteiger partial charge in [-0.15, -0.1) is 0 Å². The van der Waals surface area contributed by atoms with Gasteiger partial charge in [0.1, 0.15) is 6.54 Å². The molecule has 1 aliphatic rings. The highest BCUT2D eigenvalue weighted by atomic mass is 79.9. The summed E-state index contributed by atoms with van der Waals surface area (Å²) in [7, 11) is 1.71. The summed E-state index contributed by atoms with van der Waals surface area (Å²) in [6.45, 7) is 0.150. The van der Waals surface area contributed by atoms with E-state index >= 15 is 0 Å². The van der Waals surface area contributed by atoms with E-state index in [1.807, 2.05) is 30.3 Å². The molecule has 1 saturated carbocycles. The molecule has 1 aromatic rings. The van der Waals surface area contributed by atoms with Crippen LogP contribution in [0.4, 0.5) is 0 Å². The number of amides is 1. The summed E-state index contributed by atoms with van der Waals surface area (Å²) in [6.07, 6.45) is 3.90. The molecule has 100 valence electrons. The highest BCUT2D eigenvalue weighted by Gasteiger charge is 2.44. The molecule has 0 aromatic heterocycles. The van der Waals surface area contributed by atoms with Gasteiger partial charge in [0.25, 0.3) is 0 Å². The van der Waals surface area contributed by atoms with Gasteiger partial charge >= 0.3 is 0 Å². The Bertz CT molecular complexity index is 498. The zero-order valence-corrected chi connectivity index (χ0v) is 12.6. The van der Waals surface area contributed by atoms with E-state index in [1.165, 1.54) is 0 Å². The predicted molar refractivity (Wildman–Crippen MR) is 77.5 cm³/mol. The number of halogens is 1. The fourth-order valence-corrected chi connectivity index (χ4v) is 3.18. The summed E-state index contributed by atoms with van der Waals surface area (Å²) in [5.74, 6) is 0.0777. The largest absolute Gasteiger partial charge is 0.332 e. The minimum absolute atomic E-state index is 0.0777. The Balaban J connectivity index is 2.35. The lowest BCUT2D eigenvalue weighted by Crippen LogP contribution is -2.43. The first-order valence-electron chi connectivity index (χ1n) is 6.49. The van der Waals surface area contributed by atoms with Gasteiger partial charge in [-0.05, 0) is 30.5 Å². The first-order valence-corrected chi connectivity index (χ1v) is 7.28. The third-order valence-corrected chi connectivity index (χ3v) is 4.45. The summed E-state index contributed by atoms with van der Waals surface area (Å²) in [5.41, 5.74) is 0.648. The third-order valence-electron chi connectivity index (χ3n) is 3.92. The van der Waals surface area contributed by atoms with Crippen molar-refractivity contribution in [2.75, 3.05) is 13.6 Å². The smallest absolute Gasteiger partial charge is 0.233 e. The van der Waals surface area contributed by atoms with E-state index in [0.29, 0.717) is 0 Å². The van der Waals surface area contributed by atoms with Crippen LogP contribution in [0.25, 0.3) is 0 Å². The number of rotatable bonds is 3. The number of carbonyl (C=O) groups is 1. The fourth-order valence-electron chi connectivity index (χ4n) is 2.92. The topological polar surface area (TPSA) is 44.1 Å². The zero-order chi connectivity index (χ0) is 13.9. The average molecular weight is 321 g/mol. The standard InChI is InChI=1S/C15H17BrN2O/c1-18(11-10-17)14(19)15(8-2-3-9-15)12-4-6-13(16)7-5-12/h4-7H,2-3,8-9,11H2,1H3. The summed E-state index contributed by atoms with van der Waals surface area (Å²) in [5, 5.41) is 8.77. The Morgan fingerprint density at radius 1 is 1.37 bits per heavy atom. The predicted octanol–water partition coefficient (Wildman–Crippen LogP) is 3.24. The lowest BCUT2D eigenvalue weighted by molar-refractivity contribution is -0.135. The van der Waals surface area contributed by atoms with E-state index in [-0.39, 0.29) is 12.5 Å². The second-order valence-corrected chi connectivity index (χ2v) is 6.03. The van der Waals surface area contributed by atoms with E-state index in [0.717, 1.165) is 35.7 Å². The molecule has 4 heteroatoms. The molecule has 0 radical (unpaired) electrons. The van der Waals surface area contributed by atoms with Crippen LogP contribution in [0.15, 0.2) is 28.7 Å². The minimum atomic E-state index is -0.424. The van der Waals surface area contributed by atoms with Crippen molar-refractivity contribution in [3.05, 3.63) is 34.3 Å². The maximum absolute atomic E-state index is 12.7. The van der Waals surface area contributed by atoms with Gasteiger partial charge in [-0.1, -0.05) is 40.9 Å². The number of hydrogen-bond acceptors (Lipinski definition) is 2. The van der Waals surface area contributed by atoms with Crippen LogP contribution in [0.3, 0.4) is 0 Å². The Kier molecular flexibility index (Phi) is 4.26. The molecule has 0 spiro atoms. The van der Waals surface area contributed by atoms with Crippen molar-refractivity contribution < 1.29 is 4.79 Å². The van der Waals surface area contributed by atoms with E-state index in [2.05, 4.69) is 15.9 Å². The van der Waals surface area contributed by atoms with Crippen LogP contribution in [0.1, 0.15) is 31.2 Å². The zero-order valence-electron chi connectivity index (χ0n) is 11.0. The SMILES string of the molecule is CN(CC#N)C(=O)C1(c2ccc(Br)cc2)CCCC1. The van der Waals surface area contributed by atoms with E-state index in [4.69, 9.17) is 5.26 Å². The summed E-state index contributed by atoms with van der Waals surface area (Å²) in [4.78, 5) is 14.3. The number of nitriles is 1. The number of benzene rings is 1. The highest BCUT2D eigenvalue weighted by Crippen LogP contribution is 2.42. The quantitative estimate of drug-likeness (QED) is 0.802. The molecule has 19 heavy (non-hydrogen) atoms. The molecular weight excluding hydrogens is 304 g/mol. The van der Waals surface area contributed by atoms with E-state index in [9.17, 15) is 4.79 Å². The Morgan fingerprint density at radius 3 is 2.47 bits per heavy atom. The van der Waals surface area contributed by atoms with Crippen LogP contribution in [-0.4, -0.2) is 24.4 Å². The van der Waals surface area contributed by atoms with Gasteiger partial charge in [0.2, 0.25) is 5.91 Å². The molecule has 0 saturated heterocycles. The first kappa shape index (κ1) is 14.1. The molecule has 1 aromatic carbocycles. The van der Waals surface area contributed by atoms with E-state index in [1.54, 1.807) is 11.9 Å². The average Bonchev–Trinajstić information content (AvgIpc) is 2.89. The van der Waals surface area contributed by atoms with Crippen molar-refractivity contribution in [2.45, 2.75) is 31.1 Å². The molecule has 1 amide bonds. The lowest BCUT2D eigenvalue weighted by atomic mass is 9.77. The van der Waals surface area contributed by atoms with Crippen LogP contribution >= 0.6 is 15.9 Å². The second-order valence-electron chi connectivity index (χ2n) is 5.12. The molecule has 0 N–H and O–H groups in total. The Morgan fingerprint density at radius 2 is 1.95 bits per heavy atom. The summed E-state index contributed by atoms with van der Waals surface area (Å²) < 4.78 is 1.02. The van der Waals surface area contributed by atoms with Crippen molar-refractivity contribution in [1.29, 1.82) is 5.26 Å². The Labute approximate surface area is 122 Å². The molecule has 0 unspecified atom stereocenters. The summed E-state index contributed by atoms with van der Waals surface area (Å²) >= 11 is 3.42. The van der Waals surface area contributed by atoms with Crippen molar-refractivity contribution in [1.82, 2.24) is 4.90 Å². The lowest BCUT2D eigenvalue weighted by Gasteiger charge is -2.32. The monoisotopic (exact) mass is 320 g/mol. The van der Waals surface area contributed by atoms with Gasteiger partial charge in [0.05, 0.1) is 11.5 Å². The minimum Gasteiger partial charge on any atom is -0.332 e. The molecule has 0 bridgehead atoms. The van der Waals surface area contributed by atoms with Crippen LogP contribution < -0.4 is 0 Å². The molecule has 3 nitrogen and oxygen atoms in total. The van der Waals surface area contributed by atoms with E-state index < -0.39 is 5.41 Å². The molecule has 0 aliphatic heterocycles. The van der Waals surface area contributed by atoms with Crippen molar-refractivity contribution in [2.24, 2.45) is 0 Å². The van der Waals surface area contributed by atoms with Gasteiger partial charge in [-0.25, -0.2) is 0 Å². The highest BCUT2D eigenvalue weighted by molar-refractivity contribution is 9.10. The molecular formula is C15H17BrN2O. The molecule has 0 atom stereocenters.